The summed E-state index contributed by atoms with van der Waals surface area (Å²) in [5.74, 6) is -0.983. The lowest BCUT2D eigenvalue weighted by atomic mass is 9.91. The van der Waals surface area contributed by atoms with Crippen LogP contribution in [0.4, 0.5) is 0 Å². The van der Waals surface area contributed by atoms with Gasteiger partial charge in [-0.3, -0.25) is 9.78 Å². The van der Waals surface area contributed by atoms with Gasteiger partial charge in [-0.15, -0.1) is 0 Å². The molecule has 3 heteroatoms. The van der Waals surface area contributed by atoms with E-state index in [0.717, 1.165) is 10.8 Å². The molecule has 3 aromatic rings. The van der Waals surface area contributed by atoms with Crippen molar-refractivity contribution in [1.82, 2.24) is 4.98 Å². The molecule has 0 spiro atoms. The predicted molar refractivity (Wildman–Crippen MR) is 80.9 cm³/mol. The van der Waals surface area contributed by atoms with Crippen LogP contribution in [0.25, 0.3) is 10.8 Å². The summed E-state index contributed by atoms with van der Waals surface area (Å²) in [4.78, 5) is 16.5. The van der Waals surface area contributed by atoms with Gasteiger partial charge in [0.15, 0.2) is 5.78 Å². The Morgan fingerprint density at radius 2 is 1.71 bits per heavy atom. The summed E-state index contributed by atoms with van der Waals surface area (Å²) in [6, 6.07) is 18.8. The zero-order chi connectivity index (χ0) is 14.7. The molecule has 1 aromatic heterocycles. The monoisotopic (exact) mass is 272 g/mol. The molecule has 100 valence electrons. The van der Waals surface area contributed by atoms with Crippen molar-refractivity contribution in [2.24, 2.45) is 0 Å². The highest BCUT2D eigenvalue weighted by atomic mass is 16.1. The second kappa shape index (κ2) is 5.56. The van der Waals surface area contributed by atoms with E-state index in [0.29, 0.717) is 11.1 Å². The van der Waals surface area contributed by atoms with Gasteiger partial charge in [0, 0.05) is 18.0 Å². The van der Waals surface area contributed by atoms with Gasteiger partial charge in [-0.1, -0.05) is 36.4 Å². The number of rotatable bonds is 3. The SMILES string of the molecule is N#CC(C(=O)c1ccc2ccccc2c1)c1ccncc1. The van der Waals surface area contributed by atoms with Gasteiger partial charge in [-0.05, 0) is 34.5 Å². The van der Waals surface area contributed by atoms with E-state index in [1.165, 1.54) is 0 Å². The highest BCUT2D eigenvalue weighted by Gasteiger charge is 2.21. The first-order valence-corrected chi connectivity index (χ1v) is 6.62. The number of nitriles is 1. The van der Waals surface area contributed by atoms with Crippen LogP contribution in [0.1, 0.15) is 21.8 Å². The molecule has 2 aromatic carbocycles. The van der Waals surface area contributed by atoms with Crippen LogP contribution >= 0.6 is 0 Å². The van der Waals surface area contributed by atoms with E-state index in [9.17, 15) is 10.1 Å². The van der Waals surface area contributed by atoms with Gasteiger partial charge in [0.05, 0.1) is 6.07 Å². The highest BCUT2D eigenvalue weighted by molar-refractivity contribution is 6.05. The molecule has 3 rings (SSSR count). The average Bonchev–Trinajstić information content (AvgIpc) is 2.56. The van der Waals surface area contributed by atoms with Crippen molar-refractivity contribution >= 4 is 16.6 Å². The van der Waals surface area contributed by atoms with E-state index in [1.54, 1.807) is 30.6 Å². The number of benzene rings is 2. The van der Waals surface area contributed by atoms with Crippen molar-refractivity contribution in [3.8, 4) is 6.07 Å². The predicted octanol–water partition coefficient (Wildman–Crippen LogP) is 3.72. The van der Waals surface area contributed by atoms with Crippen molar-refractivity contribution in [2.45, 2.75) is 5.92 Å². The van der Waals surface area contributed by atoms with Crippen molar-refractivity contribution in [2.75, 3.05) is 0 Å². The summed E-state index contributed by atoms with van der Waals surface area (Å²) < 4.78 is 0. The molecule has 1 atom stereocenters. The molecule has 0 saturated heterocycles. The first-order chi connectivity index (χ1) is 10.3. The minimum atomic E-state index is -0.797. The molecular formula is C18H12N2O. The van der Waals surface area contributed by atoms with Crippen LogP contribution in [0, 0.1) is 11.3 Å². The Bertz CT molecular complexity index is 834. The van der Waals surface area contributed by atoms with Crippen LogP contribution in [0.15, 0.2) is 67.0 Å². The Morgan fingerprint density at radius 1 is 1.00 bits per heavy atom. The van der Waals surface area contributed by atoms with Crippen LogP contribution < -0.4 is 0 Å². The maximum Gasteiger partial charge on any atom is 0.184 e. The Hall–Kier alpha value is -2.99. The van der Waals surface area contributed by atoms with E-state index in [-0.39, 0.29) is 5.78 Å². The number of pyridine rings is 1. The Balaban J connectivity index is 2.01. The highest BCUT2D eigenvalue weighted by Crippen LogP contribution is 2.22. The van der Waals surface area contributed by atoms with Crippen molar-refractivity contribution < 1.29 is 4.79 Å². The molecule has 21 heavy (non-hydrogen) atoms. The third-order valence-corrected chi connectivity index (χ3v) is 3.46. The second-order valence-corrected chi connectivity index (χ2v) is 4.77. The van der Waals surface area contributed by atoms with Crippen molar-refractivity contribution in [1.29, 1.82) is 5.26 Å². The Morgan fingerprint density at radius 3 is 2.43 bits per heavy atom. The van der Waals surface area contributed by atoms with E-state index in [4.69, 9.17) is 0 Å². The minimum Gasteiger partial charge on any atom is -0.292 e. The Kier molecular flexibility index (Phi) is 3.44. The number of hydrogen-bond donors (Lipinski definition) is 0. The molecule has 0 amide bonds. The van der Waals surface area contributed by atoms with Crippen molar-refractivity contribution in [3.63, 3.8) is 0 Å². The lowest BCUT2D eigenvalue weighted by Crippen LogP contribution is -2.11. The number of carbonyl (C=O) groups excluding carboxylic acids is 1. The third kappa shape index (κ3) is 2.52. The number of aromatic nitrogens is 1. The average molecular weight is 272 g/mol. The van der Waals surface area contributed by atoms with Crippen LogP contribution in [0.5, 0.6) is 0 Å². The minimum absolute atomic E-state index is 0.186. The van der Waals surface area contributed by atoms with Gasteiger partial charge in [0.1, 0.15) is 5.92 Å². The number of carbonyl (C=O) groups is 1. The Labute approximate surface area is 122 Å². The summed E-state index contributed by atoms with van der Waals surface area (Å²) in [6.07, 6.45) is 3.18. The fourth-order valence-electron chi connectivity index (χ4n) is 2.35. The smallest absolute Gasteiger partial charge is 0.184 e. The fraction of sp³-hybridized carbons (Fsp3) is 0.0556. The lowest BCUT2D eigenvalue weighted by Gasteiger charge is -2.09. The number of fused-ring (bicyclic) bond motifs is 1. The second-order valence-electron chi connectivity index (χ2n) is 4.77. The normalized spacial score (nSPS) is 11.8. The molecule has 0 radical (unpaired) electrons. The van der Waals surface area contributed by atoms with Crippen LogP contribution in [0.2, 0.25) is 0 Å². The van der Waals surface area contributed by atoms with Crippen LogP contribution in [0.3, 0.4) is 0 Å². The molecular weight excluding hydrogens is 260 g/mol. The van der Waals surface area contributed by atoms with Crippen LogP contribution in [-0.4, -0.2) is 10.8 Å². The summed E-state index contributed by atoms with van der Waals surface area (Å²) in [5.41, 5.74) is 1.22. The summed E-state index contributed by atoms with van der Waals surface area (Å²) >= 11 is 0. The summed E-state index contributed by atoms with van der Waals surface area (Å²) in [7, 11) is 0. The maximum absolute atomic E-state index is 12.6. The fourth-order valence-corrected chi connectivity index (χ4v) is 2.35. The molecule has 0 aliphatic rings. The first kappa shape index (κ1) is 13.0. The lowest BCUT2D eigenvalue weighted by molar-refractivity contribution is 0.0979. The molecule has 0 bridgehead atoms. The molecule has 1 unspecified atom stereocenters. The number of Topliss-reactive ketones (excluding diaryl/α,β-unsaturated/α-hetero) is 1. The van der Waals surface area contributed by atoms with Crippen molar-refractivity contribution in [3.05, 3.63) is 78.1 Å². The van der Waals surface area contributed by atoms with Gasteiger partial charge in [0.25, 0.3) is 0 Å². The zero-order valence-electron chi connectivity index (χ0n) is 11.2. The number of ketones is 1. The first-order valence-electron chi connectivity index (χ1n) is 6.62. The topological polar surface area (TPSA) is 53.8 Å². The molecule has 0 saturated carbocycles. The molecule has 0 fully saturated rings. The van der Waals surface area contributed by atoms with E-state index < -0.39 is 5.92 Å². The summed E-state index contributed by atoms with van der Waals surface area (Å²) in [6.45, 7) is 0. The molecule has 0 aliphatic carbocycles. The summed E-state index contributed by atoms with van der Waals surface area (Å²) in [5, 5.41) is 11.4. The largest absolute Gasteiger partial charge is 0.292 e. The zero-order valence-corrected chi connectivity index (χ0v) is 11.2. The van der Waals surface area contributed by atoms with Gasteiger partial charge < -0.3 is 0 Å². The molecule has 3 nitrogen and oxygen atoms in total. The quantitative estimate of drug-likeness (QED) is 0.683. The van der Waals surface area contributed by atoms with E-state index in [2.05, 4.69) is 11.1 Å². The number of nitrogens with zero attached hydrogens (tertiary/aromatic N) is 2. The van der Waals surface area contributed by atoms with E-state index >= 15 is 0 Å². The maximum atomic E-state index is 12.6. The van der Waals surface area contributed by atoms with Crippen LogP contribution in [-0.2, 0) is 0 Å². The molecule has 0 aliphatic heterocycles. The molecule has 1 heterocycles. The van der Waals surface area contributed by atoms with Gasteiger partial charge >= 0.3 is 0 Å². The van der Waals surface area contributed by atoms with Gasteiger partial charge in [-0.25, -0.2) is 0 Å². The third-order valence-electron chi connectivity index (χ3n) is 3.46. The standard InChI is InChI=1S/C18H12N2O/c19-12-17(14-7-9-20-10-8-14)18(21)16-6-5-13-3-1-2-4-15(13)11-16/h1-11,17H. The van der Waals surface area contributed by atoms with Gasteiger partial charge in [-0.2, -0.15) is 5.26 Å². The number of hydrogen-bond acceptors (Lipinski definition) is 3. The van der Waals surface area contributed by atoms with E-state index in [1.807, 2.05) is 36.4 Å². The molecule has 0 N–H and O–H groups in total. The van der Waals surface area contributed by atoms with Gasteiger partial charge in [0.2, 0.25) is 0 Å².